The van der Waals surface area contributed by atoms with Gasteiger partial charge in [-0.05, 0) is 25.5 Å². The third kappa shape index (κ3) is 0.909. The number of imidazole rings is 1. The summed E-state index contributed by atoms with van der Waals surface area (Å²) >= 11 is 0. The molecule has 2 aromatic rings. The third-order valence-electron chi connectivity index (χ3n) is 1.80. The lowest BCUT2D eigenvalue weighted by Crippen LogP contribution is -1.83. The minimum absolute atomic E-state index is 1.06. The van der Waals surface area contributed by atoms with Crippen molar-refractivity contribution in [3.05, 3.63) is 35.8 Å². The topological polar surface area (TPSA) is 17.3 Å². The lowest BCUT2D eigenvalue weighted by atomic mass is 10.3. The molecule has 0 saturated carbocycles. The Morgan fingerprint density at radius 1 is 1.36 bits per heavy atom. The Hall–Kier alpha value is -1.31. The Balaban J connectivity index is 2.90. The predicted molar refractivity (Wildman–Crippen MR) is 44.7 cm³/mol. The molecule has 0 atom stereocenters. The highest BCUT2D eigenvalue weighted by Gasteiger charge is 1.97. The quantitative estimate of drug-likeness (QED) is 0.555. The zero-order valence-corrected chi connectivity index (χ0v) is 6.70. The zero-order valence-electron chi connectivity index (χ0n) is 6.70. The second-order valence-electron chi connectivity index (χ2n) is 2.80. The van der Waals surface area contributed by atoms with Crippen LogP contribution in [0.5, 0.6) is 0 Å². The summed E-state index contributed by atoms with van der Waals surface area (Å²) in [6.45, 7) is 4.08. The normalized spacial score (nSPS) is 10.7. The summed E-state index contributed by atoms with van der Waals surface area (Å²) in [6.07, 6.45) is 4.05. The first-order valence-electron chi connectivity index (χ1n) is 3.68. The first-order chi connectivity index (χ1) is 5.27. The molecule has 0 radical (unpaired) electrons. The molecule has 2 heteroatoms. The minimum Gasteiger partial charge on any atom is -0.307 e. The molecule has 0 aliphatic carbocycles. The number of nitrogens with zero attached hydrogens (tertiary/aromatic N) is 2. The Labute approximate surface area is 65.5 Å². The standard InChI is InChI=1S/C9H10N2/c1-7-4-3-5-11-6-8(2)10-9(7)11/h3-6H,1-2H3. The summed E-state index contributed by atoms with van der Waals surface area (Å²) in [7, 11) is 0. The maximum Gasteiger partial charge on any atom is 0.139 e. The summed E-state index contributed by atoms with van der Waals surface area (Å²) < 4.78 is 2.05. The fourth-order valence-corrected chi connectivity index (χ4v) is 1.28. The second kappa shape index (κ2) is 2.09. The molecule has 2 nitrogen and oxygen atoms in total. The summed E-state index contributed by atoms with van der Waals surface area (Å²) in [5.74, 6) is 0. The molecule has 0 aliphatic heterocycles. The van der Waals surface area contributed by atoms with Gasteiger partial charge in [0.25, 0.3) is 0 Å². The molecular weight excluding hydrogens is 136 g/mol. The Morgan fingerprint density at radius 2 is 2.18 bits per heavy atom. The van der Waals surface area contributed by atoms with Gasteiger partial charge in [0.1, 0.15) is 5.65 Å². The van der Waals surface area contributed by atoms with Gasteiger partial charge < -0.3 is 4.40 Å². The molecule has 0 saturated heterocycles. The smallest absolute Gasteiger partial charge is 0.139 e. The van der Waals surface area contributed by atoms with Crippen LogP contribution < -0.4 is 0 Å². The van der Waals surface area contributed by atoms with Crippen LogP contribution >= 0.6 is 0 Å². The number of aryl methyl sites for hydroxylation is 2. The van der Waals surface area contributed by atoms with E-state index < -0.39 is 0 Å². The lowest BCUT2D eigenvalue weighted by Gasteiger charge is -1.93. The minimum atomic E-state index is 1.06. The van der Waals surface area contributed by atoms with E-state index in [-0.39, 0.29) is 0 Å². The first-order valence-corrected chi connectivity index (χ1v) is 3.68. The Kier molecular flexibility index (Phi) is 1.22. The molecule has 11 heavy (non-hydrogen) atoms. The molecule has 0 N–H and O–H groups in total. The number of hydrogen-bond donors (Lipinski definition) is 0. The third-order valence-corrected chi connectivity index (χ3v) is 1.80. The average molecular weight is 146 g/mol. The van der Waals surface area contributed by atoms with Crippen LogP contribution in [0.15, 0.2) is 24.5 Å². The number of fused-ring (bicyclic) bond motifs is 1. The van der Waals surface area contributed by atoms with E-state index in [2.05, 4.69) is 18.0 Å². The van der Waals surface area contributed by atoms with Crippen molar-refractivity contribution < 1.29 is 0 Å². The fourth-order valence-electron chi connectivity index (χ4n) is 1.28. The zero-order chi connectivity index (χ0) is 7.84. The summed E-state index contributed by atoms with van der Waals surface area (Å²) in [5, 5.41) is 0. The number of rotatable bonds is 0. The van der Waals surface area contributed by atoms with Crippen LogP contribution in [0.4, 0.5) is 0 Å². The molecule has 2 rings (SSSR count). The van der Waals surface area contributed by atoms with E-state index in [1.807, 2.05) is 29.8 Å². The van der Waals surface area contributed by atoms with Crippen molar-refractivity contribution >= 4 is 5.65 Å². The van der Waals surface area contributed by atoms with Crippen LogP contribution in [0.1, 0.15) is 11.3 Å². The van der Waals surface area contributed by atoms with Gasteiger partial charge in [0.05, 0.1) is 5.69 Å². The monoisotopic (exact) mass is 146 g/mol. The van der Waals surface area contributed by atoms with E-state index in [9.17, 15) is 0 Å². The highest BCUT2D eigenvalue weighted by Crippen LogP contribution is 2.08. The van der Waals surface area contributed by atoms with E-state index in [1.165, 1.54) is 5.56 Å². The van der Waals surface area contributed by atoms with Gasteiger partial charge in [0.15, 0.2) is 0 Å². The fraction of sp³-hybridized carbons (Fsp3) is 0.222. The molecule has 0 fully saturated rings. The molecule has 2 aromatic heterocycles. The van der Waals surface area contributed by atoms with E-state index in [4.69, 9.17) is 0 Å². The lowest BCUT2D eigenvalue weighted by molar-refractivity contribution is 1.16. The highest BCUT2D eigenvalue weighted by atomic mass is 15.0. The highest BCUT2D eigenvalue weighted by molar-refractivity contribution is 5.47. The molecule has 0 aliphatic rings. The van der Waals surface area contributed by atoms with Crippen molar-refractivity contribution in [1.82, 2.24) is 9.38 Å². The SMILES string of the molecule is Cc1cn2cccc(C)c2n1. The van der Waals surface area contributed by atoms with Crippen molar-refractivity contribution in [1.29, 1.82) is 0 Å². The van der Waals surface area contributed by atoms with Gasteiger partial charge in [-0.3, -0.25) is 0 Å². The largest absolute Gasteiger partial charge is 0.307 e. The van der Waals surface area contributed by atoms with Crippen molar-refractivity contribution in [2.45, 2.75) is 13.8 Å². The average Bonchev–Trinajstić information content (AvgIpc) is 2.31. The Morgan fingerprint density at radius 3 is 2.91 bits per heavy atom. The number of pyridine rings is 1. The maximum atomic E-state index is 4.38. The van der Waals surface area contributed by atoms with Gasteiger partial charge in [0.2, 0.25) is 0 Å². The molecule has 56 valence electrons. The van der Waals surface area contributed by atoms with Crippen LogP contribution in [-0.2, 0) is 0 Å². The number of aromatic nitrogens is 2. The summed E-state index contributed by atoms with van der Waals surface area (Å²) in [4.78, 5) is 4.38. The van der Waals surface area contributed by atoms with Crippen LogP contribution in [0, 0.1) is 13.8 Å². The van der Waals surface area contributed by atoms with E-state index >= 15 is 0 Å². The number of hydrogen-bond acceptors (Lipinski definition) is 1. The summed E-state index contributed by atoms with van der Waals surface area (Å²) in [6, 6.07) is 4.10. The van der Waals surface area contributed by atoms with Crippen molar-refractivity contribution in [3.8, 4) is 0 Å². The van der Waals surface area contributed by atoms with Crippen LogP contribution in [0.25, 0.3) is 5.65 Å². The van der Waals surface area contributed by atoms with E-state index in [1.54, 1.807) is 0 Å². The van der Waals surface area contributed by atoms with Gasteiger partial charge in [-0.1, -0.05) is 6.07 Å². The van der Waals surface area contributed by atoms with Gasteiger partial charge in [-0.2, -0.15) is 0 Å². The summed E-state index contributed by atoms with van der Waals surface area (Å²) in [5.41, 5.74) is 3.35. The Bertz CT molecular complexity index is 387. The van der Waals surface area contributed by atoms with Crippen LogP contribution in [0.2, 0.25) is 0 Å². The van der Waals surface area contributed by atoms with E-state index in [0.717, 1.165) is 11.3 Å². The van der Waals surface area contributed by atoms with Crippen molar-refractivity contribution in [3.63, 3.8) is 0 Å². The van der Waals surface area contributed by atoms with Gasteiger partial charge in [-0.15, -0.1) is 0 Å². The van der Waals surface area contributed by atoms with Crippen molar-refractivity contribution in [2.24, 2.45) is 0 Å². The maximum absolute atomic E-state index is 4.38. The molecule has 2 heterocycles. The predicted octanol–water partition coefficient (Wildman–Crippen LogP) is 1.95. The van der Waals surface area contributed by atoms with Crippen LogP contribution in [0.3, 0.4) is 0 Å². The van der Waals surface area contributed by atoms with Gasteiger partial charge in [-0.25, -0.2) is 4.98 Å². The van der Waals surface area contributed by atoms with Crippen molar-refractivity contribution in [2.75, 3.05) is 0 Å². The van der Waals surface area contributed by atoms with Crippen LogP contribution in [-0.4, -0.2) is 9.38 Å². The molecule has 0 spiro atoms. The molecule has 0 unspecified atom stereocenters. The first kappa shape index (κ1) is 6.40. The second-order valence-corrected chi connectivity index (χ2v) is 2.80. The molecule has 0 aromatic carbocycles. The molecule has 0 amide bonds. The molecular formula is C9H10N2. The molecule has 0 bridgehead atoms. The van der Waals surface area contributed by atoms with Gasteiger partial charge in [0, 0.05) is 12.4 Å². The van der Waals surface area contributed by atoms with E-state index in [0.29, 0.717) is 0 Å². The van der Waals surface area contributed by atoms with Gasteiger partial charge >= 0.3 is 0 Å².